The molecule has 1 aliphatic carbocycles. The van der Waals surface area contributed by atoms with E-state index in [2.05, 4.69) is 11.8 Å². The molecule has 0 aromatic rings. The molecule has 0 spiro atoms. The molecule has 1 heterocycles. The molecule has 1 unspecified atom stereocenters. The van der Waals surface area contributed by atoms with E-state index in [1.54, 1.807) is 0 Å². The third-order valence-electron chi connectivity index (χ3n) is 3.76. The first-order valence-electron chi connectivity index (χ1n) is 5.22. The van der Waals surface area contributed by atoms with Crippen molar-refractivity contribution in [3.05, 3.63) is 0 Å². The summed E-state index contributed by atoms with van der Waals surface area (Å²) in [6.07, 6.45) is 5.45. The highest BCUT2D eigenvalue weighted by Gasteiger charge is 2.43. The Morgan fingerprint density at radius 2 is 2.25 bits per heavy atom. The third kappa shape index (κ3) is 1.17. The van der Waals surface area contributed by atoms with Gasteiger partial charge in [-0.25, -0.2) is 0 Å². The van der Waals surface area contributed by atoms with Crippen LogP contribution in [0.25, 0.3) is 0 Å². The van der Waals surface area contributed by atoms with Crippen molar-refractivity contribution in [3.63, 3.8) is 0 Å². The van der Waals surface area contributed by atoms with Crippen LogP contribution in [-0.2, 0) is 0 Å². The predicted molar refractivity (Wildman–Crippen MR) is 51.0 cm³/mol. The van der Waals surface area contributed by atoms with Gasteiger partial charge in [-0.2, -0.15) is 0 Å². The van der Waals surface area contributed by atoms with Gasteiger partial charge in [0.1, 0.15) is 0 Å². The van der Waals surface area contributed by atoms with Crippen LogP contribution in [0.3, 0.4) is 0 Å². The van der Waals surface area contributed by atoms with Crippen molar-refractivity contribution >= 4 is 0 Å². The highest BCUT2D eigenvalue weighted by molar-refractivity contribution is 5.00. The largest absolute Gasteiger partial charge is 0.329 e. The van der Waals surface area contributed by atoms with Crippen LogP contribution in [0.5, 0.6) is 0 Å². The van der Waals surface area contributed by atoms with Crippen LogP contribution in [0.1, 0.15) is 32.6 Å². The lowest BCUT2D eigenvalue weighted by molar-refractivity contribution is 0.0416. The van der Waals surface area contributed by atoms with E-state index in [0.717, 1.165) is 12.5 Å². The Morgan fingerprint density at radius 1 is 1.50 bits per heavy atom. The van der Waals surface area contributed by atoms with Crippen molar-refractivity contribution < 1.29 is 0 Å². The number of nitrogens with zero attached hydrogens (tertiary/aromatic N) is 1. The van der Waals surface area contributed by atoms with Crippen molar-refractivity contribution in [3.8, 4) is 0 Å². The summed E-state index contributed by atoms with van der Waals surface area (Å²) >= 11 is 0. The van der Waals surface area contributed by atoms with Gasteiger partial charge in [0, 0.05) is 18.6 Å². The summed E-state index contributed by atoms with van der Waals surface area (Å²) in [6, 6.07) is 0. The minimum Gasteiger partial charge on any atom is -0.329 e. The molecule has 1 saturated carbocycles. The maximum absolute atomic E-state index is 5.85. The van der Waals surface area contributed by atoms with E-state index in [-0.39, 0.29) is 0 Å². The van der Waals surface area contributed by atoms with E-state index in [1.807, 2.05) is 0 Å². The summed E-state index contributed by atoms with van der Waals surface area (Å²) in [7, 11) is 0. The summed E-state index contributed by atoms with van der Waals surface area (Å²) in [5.41, 5.74) is 6.29. The molecule has 0 aromatic heterocycles. The Bertz CT molecular complexity index is 158. The van der Waals surface area contributed by atoms with Crippen LogP contribution >= 0.6 is 0 Å². The maximum atomic E-state index is 5.85. The molecular weight excluding hydrogens is 148 g/mol. The van der Waals surface area contributed by atoms with Gasteiger partial charge in [0.15, 0.2) is 0 Å². The zero-order valence-corrected chi connectivity index (χ0v) is 8.05. The van der Waals surface area contributed by atoms with Gasteiger partial charge in [-0.1, -0.05) is 6.92 Å². The molecule has 0 aromatic carbocycles. The lowest BCUT2D eigenvalue weighted by atomic mass is 9.75. The molecule has 1 saturated heterocycles. The lowest BCUT2D eigenvalue weighted by Crippen LogP contribution is -2.57. The fourth-order valence-electron chi connectivity index (χ4n) is 2.60. The van der Waals surface area contributed by atoms with E-state index in [1.165, 1.54) is 38.8 Å². The van der Waals surface area contributed by atoms with E-state index in [9.17, 15) is 0 Å². The molecule has 2 N–H and O–H groups in total. The van der Waals surface area contributed by atoms with Crippen LogP contribution in [0.15, 0.2) is 0 Å². The first-order valence-corrected chi connectivity index (χ1v) is 5.22. The lowest BCUT2D eigenvalue weighted by Gasteiger charge is -2.48. The average Bonchev–Trinajstić information content (AvgIpc) is 2.35. The minimum absolute atomic E-state index is 0.435. The van der Waals surface area contributed by atoms with Crippen molar-refractivity contribution in [1.82, 2.24) is 4.90 Å². The Kier molecular flexibility index (Phi) is 2.13. The fourth-order valence-corrected chi connectivity index (χ4v) is 2.60. The molecule has 12 heavy (non-hydrogen) atoms. The molecule has 2 nitrogen and oxygen atoms in total. The zero-order chi connectivity index (χ0) is 8.60. The van der Waals surface area contributed by atoms with Crippen LogP contribution < -0.4 is 5.73 Å². The third-order valence-corrected chi connectivity index (χ3v) is 3.76. The molecule has 0 radical (unpaired) electrons. The average molecular weight is 168 g/mol. The van der Waals surface area contributed by atoms with Crippen LogP contribution in [0, 0.1) is 5.92 Å². The highest BCUT2D eigenvalue weighted by Crippen LogP contribution is 2.39. The van der Waals surface area contributed by atoms with Gasteiger partial charge < -0.3 is 5.73 Å². The number of nitrogens with two attached hydrogens (primary N) is 1. The predicted octanol–water partition coefficient (Wildman–Crippen LogP) is 1.21. The van der Waals surface area contributed by atoms with E-state index in [4.69, 9.17) is 5.73 Å². The second-order valence-corrected chi connectivity index (χ2v) is 4.62. The number of hydrogen-bond acceptors (Lipinski definition) is 2. The van der Waals surface area contributed by atoms with Crippen LogP contribution in [0.4, 0.5) is 0 Å². The second kappa shape index (κ2) is 3.00. The van der Waals surface area contributed by atoms with Crippen molar-refractivity contribution in [1.29, 1.82) is 0 Å². The quantitative estimate of drug-likeness (QED) is 0.671. The van der Waals surface area contributed by atoms with Crippen molar-refractivity contribution in [2.24, 2.45) is 11.7 Å². The summed E-state index contributed by atoms with van der Waals surface area (Å²) in [4.78, 5) is 2.64. The molecule has 2 rings (SSSR count). The Morgan fingerprint density at radius 3 is 2.58 bits per heavy atom. The SMILES string of the molecule is CC1CCN(C2(CN)CCC2)C1. The Hall–Kier alpha value is -0.0800. The maximum Gasteiger partial charge on any atom is 0.0331 e. The molecule has 2 aliphatic rings. The molecule has 2 heteroatoms. The Balaban J connectivity index is 1.98. The van der Waals surface area contributed by atoms with Gasteiger partial charge in [0.2, 0.25) is 0 Å². The fraction of sp³-hybridized carbons (Fsp3) is 1.00. The molecule has 0 amide bonds. The zero-order valence-electron chi connectivity index (χ0n) is 8.05. The van der Waals surface area contributed by atoms with Gasteiger partial charge in [-0.3, -0.25) is 4.90 Å². The molecule has 2 fully saturated rings. The van der Waals surface area contributed by atoms with Gasteiger partial charge in [0.05, 0.1) is 0 Å². The second-order valence-electron chi connectivity index (χ2n) is 4.62. The summed E-state index contributed by atoms with van der Waals surface area (Å²) < 4.78 is 0. The molecule has 0 bridgehead atoms. The van der Waals surface area contributed by atoms with Gasteiger partial charge in [-0.05, 0) is 38.1 Å². The van der Waals surface area contributed by atoms with E-state index >= 15 is 0 Å². The first-order chi connectivity index (χ1) is 5.77. The summed E-state index contributed by atoms with van der Waals surface area (Å²) in [5.74, 6) is 0.897. The highest BCUT2D eigenvalue weighted by atomic mass is 15.2. The smallest absolute Gasteiger partial charge is 0.0331 e. The van der Waals surface area contributed by atoms with Crippen LogP contribution in [-0.4, -0.2) is 30.1 Å². The molecule has 1 aliphatic heterocycles. The molecular formula is C10H20N2. The van der Waals surface area contributed by atoms with Crippen molar-refractivity contribution in [2.45, 2.75) is 38.1 Å². The minimum atomic E-state index is 0.435. The number of rotatable bonds is 2. The Labute approximate surface area is 75.1 Å². The topological polar surface area (TPSA) is 29.3 Å². The standard InChI is InChI=1S/C10H20N2/c1-9-3-6-12(7-9)10(8-11)4-2-5-10/h9H,2-8,11H2,1H3. The summed E-state index contributed by atoms with van der Waals surface area (Å²) in [5, 5.41) is 0. The first kappa shape index (κ1) is 8.52. The van der Waals surface area contributed by atoms with Gasteiger partial charge in [-0.15, -0.1) is 0 Å². The van der Waals surface area contributed by atoms with Gasteiger partial charge >= 0.3 is 0 Å². The number of hydrogen-bond donors (Lipinski definition) is 1. The normalized spacial score (nSPS) is 35.0. The van der Waals surface area contributed by atoms with Gasteiger partial charge in [0.25, 0.3) is 0 Å². The van der Waals surface area contributed by atoms with Crippen molar-refractivity contribution in [2.75, 3.05) is 19.6 Å². The van der Waals surface area contributed by atoms with E-state index in [0.29, 0.717) is 5.54 Å². The molecule has 1 atom stereocenters. The number of likely N-dealkylation sites (tertiary alicyclic amines) is 1. The van der Waals surface area contributed by atoms with E-state index < -0.39 is 0 Å². The molecule has 70 valence electrons. The van der Waals surface area contributed by atoms with Crippen LogP contribution in [0.2, 0.25) is 0 Å². The summed E-state index contributed by atoms with van der Waals surface area (Å²) in [6.45, 7) is 5.80. The monoisotopic (exact) mass is 168 g/mol.